The van der Waals surface area contributed by atoms with Crippen LogP contribution in [0.2, 0.25) is 0 Å². The van der Waals surface area contributed by atoms with Gasteiger partial charge in [0.2, 0.25) is 0 Å². The van der Waals surface area contributed by atoms with E-state index in [0.717, 1.165) is 37.9 Å². The van der Waals surface area contributed by atoms with Gasteiger partial charge >= 0.3 is 6.09 Å². The highest BCUT2D eigenvalue weighted by atomic mass is 16.5. The Morgan fingerprint density at radius 2 is 2.09 bits per heavy atom. The van der Waals surface area contributed by atoms with Crippen LogP contribution in [0.5, 0.6) is 0 Å². The number of alkyl carbamates (subject to hydrolysis) is 1. The second-order valence-electron chi connectivity index (χ2n) is 5.83. The molecule has 1 aromatic rings. The van der Waals surface area contributed by atoms with Crippen molar-refractivity contribution in [1.29, 1.82) is 0 Å². The maximum Gasteiger partial charge on any atom is 0.407 e. The van der Waals surface area contributed by atoms with Crippen LogP contribution in [0.25, 0.3) is 0 Å². The highest BCUT2D eigenvalue weighted by molar-refractivity contribution is 5.67. The minimum atomic E-state index is -0.353. The van der Waals surface area contributed by atoms with Gasteiger partial charge in [0.25, 0.3) is 0 Å². The molecule has 0 unspecified atom stereocenters. The fourth-order valence-electron chi connectivity index (χ4n) is 3.09. The zero-order chi connectivity index (χ0) is 16.5. The number of carbonyl (C=O) groups excluding carboxylic acids is 1. The molecule has 124 valence electrons. The van der Waals surface area contributed by atoms with Crippen molar-refractivity contribution in [3.63, 3.8) is 0 Å². The molecule has 1 aliphatic heterocycles. The molecular weight excluding hydrogens is 288 g/mol. The molecule has 1 heterocycles. The Hall–Kier alpha value is -2.07. The predicted molar refractivity (Wildman–Crippen MR) is 93.2 cm³/mol. The number of nitrogens with zero attached hydrogens (tertiary/aromatic N) is 1. The monoisotopic (exact) mass is 314 g/mol. The first-order chi connectivity index (χ1) is 11.2. The summed E-state index contributed by atoms with van der Waals surface area (Å²) in [7, 11) is 0. The Kier molecular flexibility index (Phi) is 6.88. The Morgan fingerprint density at radius 1 is 1.30 bits per heavy atom. The van der Waals surface area contributed by atoms with Crippen LogP contribution in [0.4, 0.5) is 4.79 Å². The number of carbonyl (C=O) groups is 1. The molecule has 1 fully saturated rings. The molecule has 2 atom stereocenters. The lowest BCUT2D eigenvalue weighted by Crippen LogP contribution is -2.55. The summed E-state index contributed by atoms with van der Waals surface area (Å²) >= 11 is 0. The van der Waals surface area contributed by atoms with Crippen molar-refractivity contribution in [2.75, 3.05) is 13.1 Å². The van der Waals surface area contributed by atoms with Gasteiger partial charge in [-0.05, 0) is 31.4 Å². The van der Waals surface area contributed by atoms with E-state index in [4.69, 9.17) is 4.74 Å². The number of piperidine rings is 1. The summed E-state index contributed by atoms with van der Waals surface area (Å²) in [5, 5.41) is 3.03. The van der Waals surface area contributed by atoms with Gasteiger partial charge < -0.3 is 10.1 Å². The second-order valence-corrected chi connectivity index (χ2v) is 5.83. The van der Waals surface area contributed by atoms with E-state index >= 15 is 0 Å². The minimum absolute atomic E-state index is 0.0879. The summed E-state index contributed by atoms with van der Waals surface area (Å²) in [6.07, 6.45) is 6.34. The lowest BCUT2D eigenvalue weighted by atomic mass is 9.93. The average Bonchev–Trinajstić information content (AvgIpc) is 2.57. The molecule has 1 N–H and O–H groups in total. The summed E-state index contributed by atoms with van der Waals surface area (Å²) in [5.74, 6) is 0. The van der Waals surface area contributed by atoms with Crippen LogP contribution < -0.4 is 5.32 Å². The zero-order valence-corrected chi connectivity index (χ0v) is 13.6. The first kappa shape index (κ1) is 17.3. The van der Waals surface area contributed by atoms with Crippen molar-refractivity contribution >= 4 is 6.09 Å². The fourth-order valence-corrected chi connectivity index (χ4v) is 3.09. The molecule has 1 saturated heterocycles. The van der Waals surface area contributed by atoms with E-state index < -0.39 is 0 Å². The smallest absolute Gasteiger partial charge is 0.407 e. The van der Waals surface area contributed by atoms with Gasteiger partial charge in [-0.25, -0.2) is 4.79 Å². The number of rotatable bonds is 7. The third kappa shape index (κ3) is 5.25. The van der Waals surface area contributed by atoms with Gasteiger partial charge in [-0.2, -0.15) is 0 Å². The molecule has 0 saturated carbocycles. The lowest BCUT2D eigenvalue weighted by Gasteiger charge is -2.40. The highest BCUT2D eigenvalue weighted by Gasteiger charge is 2.31. The molecule has 1 amide bonds. The third-order valence-corrected chi connectivity index (χ3v) is 4.18. The van der Waals surface area contributed by atoms with Crippen molar-refractivity contribution < 1.29 is 9.53 Å². The topological polar surface area (TPSA) is 41.6 Å². The van der Waals surface area contributed by atoms with E-state index in [1.807, 2.05) is 42.5 Å². The number of nitrogens with one attached hydrogen (secondary N) is 1. The standard InChI is InChI=1S/C19H26N2O2/c1-3-9-18-17(12-8-14-21(18)13-4-2)20-19(22)23-15-16-10-6-5-7-11-16/h3-7,10-11,17-18H,1-2,8-9,12-15H2,(H,20,22)/t17-,18-/m0/s1. The second kappa shape index (κ2) is 9.16. The molecular formula is C19H26N2O2. The molecule has 2 rings (SSSR count). The first-order valence-electron chi connectivity index (χ1n) is 8.17. The van der Waals surface area contributed by atoms with Gasteiger partial charge in [-0.15, -0.1) is 13.2 Å². The molecule has 1 aromatic carbocycles. The number of hydrogen-bond donors (Lipinski definition) is 1. The SMILES string of the molecule is C=CC[C@H]1[C@@H](NC(=O)OCc2ccccc2)CCCN1CC=C. The van der Waals surface area contributed by atoms with Crippen molar-refractivity contribution in [3.05, 3.63) is 61.2 Å². The summed E-state index contributed by atoms with van der Waals surface area (Å²) in [4.78, 5) is 14.4. The number of amides is 1. The van der Waals surface area contributed by atoms with Crippen LogP contribution in [0.15, 0.2) is 55.6 Å². The number of hydrogen-bond acceptors (Lipinski definition) is 3. The minimum Gasteiger partial charge on any atom is -0.445 e. The van der Waals surface area contributed by atoms with E-state index in [9.17, 15) is 4.79 Å². The molecule has 1 aliphatic rings. The maximum absolute atomic E-state index is 12.1. The van der Waals surface area contributed by atoms with Crippen molar-refractivity contribution in [1.82, 2.24) is 10.2 Å². The molecule has 0 radical (unpaired) electrons. The van der Waals surface area contributed by atoms with E-state index in [2.05, 4.69) is 23.4 Å². The van der Waals surface area contributed by atoms with Crippen molar-refractivity contribution in [2.24, 2.45) is 0 Å². The molecule has 0 aliphatic carbocycles. The van der Waals surface area contributed by atoms with Crippen molar-refractivity contribution in [3.8, 4) is 0 Å². The summed E-state index contributed by atoms with van der Waals surface area (Å²) in [6.45, 7) is 9.81. The Bertz CT molecular complexity index is 515. The van der Waals surface area contributed by atoms with Crippen LogP contribution in [-0.4, -0.2) is 36.2 Å². The maximum atomic E-state index is 12.1. The molecule has 0 bridgehead atoms. The van der Waals surface area contributed by atoms with Gasteiger partial charge in [-0.3, -0.25) is 4.90 Å². The van der Waals surface area contributed by atoms with Gasteiger partial charge in [0, 0.05) is 18.6 Å². The Morgan fingerprint density at radius 3 is 2.78 bits per heavy atom. The number of likely N-dealkylation sites (tertiary alicyclic amines) is 1. The quantitative estimate of drug-likeness (QED) is 0.783. The van der Waals surface area contributed by atoms with Crippen LogP contribution >= 0.6 is 0 Å². The molecule has 4 heteroatoms. The number of ether oxygens (including phenoxy) is 1. The summed E-state index contributed by atoms with van der Waals surface area (Å²) in [5.41, 5.74) is 0.988. The van der Waals surface area contributed by atoms with Gasteiger partial charge in [0.05, 0.1) is 0 Å². The average molecular weight is 314 g/mol. The summed E-state index contributed by atoms with van der Waals surface area (Å²) in [6, 6.07) is 10.0. The van der Waals surface area contributed by atoms with E-state index in [0.29, 0.717) is 6.61 Å². The van der Waals surface area contributed by atoms with Crippen LogP contribution in [0.3, 0.4) is 0 Å². The zero-order valence-electron chi connectivity index (χ0n) is 13.6. The fraction of sp³-hybridized carbons (Fsp3) is 0.421. The van der Waals surface area contributed by atoms with E-state index in [1.165, 1.54) is 0 Å². The van der Waals surface area contributed by atoms with Crippen molar-refractivity contribution in [2.45, 2.75) is 38.0 Å². The number of benzene rings is 1. The van der Waals surface area contributed by atoms with Crippen LogP contribution in [0.1, 0.15) is 24.8 Å². The van der Waals surface area contributed by atoms with Crippen LogP contribution in [-0.2, 0) is 11.3 Å². The normalized spacial score (nSPS) is 21.4. The highest BCUT2D eigenvalue weighted by Crippen LogP contribution is 2.21. The van der Waals surface area contributed by atoms with Crippen LogP contribution in [0, 0.1) is 0 Å². The van der Waals surface area contributed by atoms with Gasteiger partial charge in [0.1, 0.15) is 6.61 Å². The summed E-state index contributed by atoms with van der Waals surface area (Å²) < 4.78 is 5.34. The van der Waals surface area contributed by atoms with E-state index in [1.54, 1.807) is 0 Å². The lowest BCUT2D eigenvalue weighted by molar-refractivity contribution is 0.101. The van der Waals surface area contributed by atoms with E-state index in [-0.39, 0.29) is 18.2 Å². The Balaban J connectivity index is 1.89. The molecule has 0 aromatic heterocycles. The molecule has 4 nitrogen and oxygen atoms in total. The predicted octanol–water partition coefficient (Wildman–Crippen LogP) is 3.51. The largest absolute Gasteiger partial charge is 0.445 e. The van der Waals surface area contributed by atoms with Gasteiger partial charge in [-0.1, -0.05) is 42.5 Å². The first-order valence-corrected chi connectivity index (χ1v) is 8.17. The Labute approximate surface area is 138 Å². The molecule has 23 heavy (non-hydrogen) atoms. The van der Waals surface area contributed by atoms with Gasteiger partial charge in [0.15, 0.2) is 0 Å². The molecule has 0 spiro atoms. The third-order valence-electron chi connectivity index (χ3n) is 4.18.